The molecule has 1 aromatic heterocycles. The molecule has 1 aromatic carbocycles. The van der Waals surface area contributed by atoms with E-state index < -0.39 is 19.3 Å². The standard InChI is InChI=1S/C25H35BN4O5/c1-16(28-23(32)33-6)22(31)30-14-8-7-9-20(30)21-27-15-19(29-21)17-10-12-18(13-11-17)26-34-24(2,3)25(4,5)35-26/h10-13,15-16,20H,7-9,14H2,1-6H3,(H,27,29)(H,28,32)/t16-,20-/m0/s1. The van der Waals surface area contributed by atoms with Crippen molar-refractivity contribution >= 4 is 24.6 Å². The normalized spacial score (nSPS) is 22.1. The summed E-state index contributed by atoms with van der Waals surface area (Å²) >= 11 is 0. The summed E-state index contributed by atoms with van der Waals surface area (Å²) in [5.74, 6) is 0.596. The first-order valence-electron chi connectivity index (χ1n) is 12.2. The van der Waals surface area contributed by atoms with Crippen LogP contribution in [0.15, 0.2) is 30.5 Å². The maximum Gasteiger partial charge on any atom is 0.494 e. The van der Waals surface area contributed by atoms with Gasteiger partial charge in [-0.15, -0.1) is 0 Å². The number of nitrogens with zero attached hydrogens (tertiary/aromatic N) is 2. The second-order valence-corrected chi connectivity index (χ2v) is 10.3. The zero-order valence-electron chi connectivity index (χ0n) is 21.4. The molecule has 0 bridgehead atoms. The molecule has 35 heavy (non-hydrogen) atoms. The third-order valence-electron chi connectivity index (χ3n) is 7.33. The average Bonchev–Trinajstić information content (AvgIpc) is 3.40. The van der Waals surface area contributed by atoms with E-state index in [2.05, 4.69) is 20.0 Å². The lowest BCUT2D eigenvalue weighted by Gasteiger charge is -2.36. The summed E-state index contributed by atoms with van der Waals surface area (Å²) in [4.78, 5) is 34.4. The van der Waals surface area contributed by atoms with Gasteiger partial charge in [-0.3, -0.25) is 4.79 Å². The fourth-order valence-electron chi connectivity index (χ4n) is 4.48. The molecule has 2 amide bonds. The molecule has 2 fully saturated rings. The summed E-state index contributed by atoms with van der Waals surface area (Å²) in [5, 5.41) is 2.56. The van der Waals surface area contributed by atoms with Gasteiger partial charge < -0.3 is 29.2 Å². The van der Waals surface area contributed by atoms with Crippen molar-refractivity contribution in [2.75, 3.05) is 13.7 Å². The van der Waals surface area contributed by atoms with Crippen molar-refractivity contribution in [1.82, 2.24) is 20.2 Å². The van der Waals surface area contributed by atoms with Crippen LogP contribution < -0.4 is 10.8 Å². The van der Waals surface area contributed by atoms with E-state index in [-0.39, 0.29) is 23.2 Å². The minimum Gasteiger partial charge on any atom is -0.453 e. The van der Waals surface area contributed by atoms with Gasteiger partial charge in [0.15, 0.2) is 0 Å². The molecule has 2 aromatic rings. The van der Waals surface area contributed by atoms with Crippen molar-refractivity contribution in [2.45, 2.75) is 77.2 Å². The highest BCUT2D eigenvalue weighted by molar-refractivity contribution is 6.62. The summed E-state index contributed by atoms with van der Waals surface area (Å²) in [6.07, 6.45) is 3.91. The molecule has 2 N–H and O–H groups in total. The first kappa shape index (κ1) is 25.3. The zero-order valence-corrected chi connectivity index (χ0v) is 21.4. The zero-order chi connectivity index (χ0) is 25.4. The van der Waals surface area contributed by atoms with E-state index in [0.29, 0.717) is 6.54 Å². The van der Waals surface area contributed by atoms with E-state index in [9.17, 15) is 9.59 Å². The Morgan fingerprint density at radius 1 is 1.17 bits per heavy atom. The summed E-state index contributed by atoms with van der Waals surface area (Å²) in [6, 6.07) is 7.20. The minimum absolute atomic E-state index is 0.148. The lowest BCUT2D eigenvalue weighted by atomic mass is 9.79. The number of aromatic nitrogens is 2. The number of piperidine rings is 1. The maximum absolute atomic E-state index is 13.1. The summed E-state index contributed by atoms with van der Waals surface area (Å²) < 4.78 is 16.9. The van der Waals surface area contributed by atoms with Gasteiger partial charge in [-0.25, -0.2) is 9.78 Å². The van der Waals surface area contributed by atoms with Gasteiger partial charge in [0.05, 0.1) is 36.2 Å². The Kier molecular flexibility index (Phi) is 6.97. The molecule has 2 saturated heterocycles. The molecular weight excluding hydrogens is 447 g/mol. The van der Waals surface area contributed by atoms with E-state index in [1.54, 1.807) is 18.0 Å². The molecule has 0 aliphatic carbocycles. The van der Waals surface area contributed by atoms with Gasteiger partial charge in [-0.1, -0.05) is 24.3 Å². The number of H-pyrrole nitrogens is 1. The predicted octanol–water partition coefficient (Wildman–Crippen LogP) is 3.17. The number of nitrogens with one attached hydrogen (secondary N) is 2. The van der Waals surface area contributed by atoms with Gasteiger partial charge in [0.25, 0.3) is 0 Å². The first-order valence-corrected chi connectivity index (χ1v) is 12.2. The van der Waals surface area contributed by atoms with Crippen LogP contribution in [0.25, 0.3) is 11.3 Å². The molecular formula is C25H35BN4O5. The van der Waals surface area contributed by atoms with Crippen LogP contribution in [-0.2, 0) is 18.8 Å². The fourth-order valence-corrected chi connectivity index (χ4v) is 4.48. The van der Waals surface area contributed by atoms with Crippen LogP contribution in [0.5, 0.6) is 0 Å². The van der Waals surface area contributed by atoms with Crippen LogP contribution in [0.1, 0.15) is 65.7 Å². The van der Waals surface area contributed by atoms with E-state index in [1.807, 2.05) is 52.0 Å². The van der Waals surface area contributed by atoms with Gasteiger partial charge in [0, 0.05) is 6.54 Å². The van der Waals surface area contributed by atoms with Crippen LogP contribution in [0.3, 0.4) is 0 Å². The quantitative estimate of drug-likeness (QED) is 0.635. The molecule has 2 aliphatic heterocycles. The number of methoxy groups -OCH3 is 1. The second-order valence-electron chi connectivity index (χ2n) is 10.3. The molecule has 2 aliphatic rings. The summed E-state index contributed by atoms with van der Waals surface area (Å²) in [5.41, 5.74) is 2.05. The summed E-state index contributed by atoms with van der Waals surface area (Å²) in [7, 11) is 0.872. The Morgan fingerprint density at radius 2 is 1.83 bits per heavy atom. The Labute approximate surface area is 207 Å². The molecule has 0 radical (unpaired) electrons. The number of likely N-dealkylation sites (tertiary alicyclic amines) is 1. The van der Waals surface area contributed by atoms with Crippen LogP contribution in [-0.4, -0.2) is 64.9 Å². The van der Waals surface area contributed by atoms with Gasteiger partial charge >= 0.3 is 13.2 Å². The van der Waals surface area contributed by atoms with Gasteiger partial charge in [0.2, 0.25) is 5.91 Å². The van der Waals surface area contributed by atoms with E-state index in [4.69, 9.17) is 9.31 Å². The van der Waals surface area contributed by atoms with Crippen molar-refractivity contribution in [1.29, 1.82) is 0 Å². The Bertz CT molecular complexity index is 1050. The average molecular weight is 482 g/mol. The topological polar surface area (TPSA) is 106 Å². The largest absolute Gasteiger partial charge is 0.494 e. The monoisotopic (exact) mass is 482 g/mol. The Balaban J connectivity index is 1.48. The lowest BCUT2D eigenvalue weighted by molar-refractivity contribution is -0.137. The van der Waals surface area contributed by atoms with Crippen molar-refractivity contribution in [3.05, 3.63) is 36.3 Å². The minimum atomic E-state index is -0.681. The van der Waals surface area contributed by atoms with Gasteiger partial charge in [0.1, 0.15) is 11.9 Å². The van der Waals surface area contributed by atoms with Crippen LogP contribution >= 0.6 is 0 Å². The van der Waals surface area contributed by atoms with E-state index in [0.717, 1.165) is 41.8 Å². The van der Waals surface area contributed by atoms with Gasteiger partial charge in [-0.05, 0) is 64.9 Å². The number of aromatic amines is 1. The summed E-state index contributed by atoms with van der Waals surface area (Å²) in [6.45, 7) is 10.5. The maximum atomic E-state index is 13.1. The molecule has 4 rings (SSSR count). The Morgan fingerprint density at radius 3 is 2.46 bits per heavy atom. The smallest absolute Gasteiger partial charge is 0.453 e. The number of hydrogen-bond donors (Lipinski definition) is 2. The van der Waals surface area contributed by atoms with Crippen LogP contribution in [0, 0.1) is 0 Å². The number of carbonyl (C=O) groups is 2. The fraction of sp³-hybridized carbons (Fsp3) is 0.560. The van der Waals surface area contributed by atoms with Crippen molar-refractivity contribution in [2.24, 2.45) is 0 Å². The van der Waals surface area contributed by atoms with Crippen molar-refractivity contribution in [3.63, 3.8) is 0 Å². The molecule has 3 heterocycles. The highest BCUT2D eigenvalue weighted by atomic mass is 16.7. The molecule has 188 valence electrons. The van der Waals surface area contributed by atoms with Crippen molar-refractivity contribution < 1.29 is 23.6 Å². The van der Waals surface area contributed by atoms with E-state index in [1.165, 1.54) is 7.11 Å². The van der Waals surface area contributed by atoms with Crippen LogP contribution in [0.4, 0.5) is 4.79 Å². The lowest BCUT2D eigenvalue weighted by Crippen LogP contribution is -2.49. The molecule has 0 spiro atoms. The number of amides is 2. The van der Waals surface area contributed by atoms with Crippen molar-refractivity contribution in [3.8, 4) is 11.3 Å². The number of rotatable bonds is 5. The SMILES string of the molecule is COC(=O)N[C@@H](C)C(=O)N1CCCC[C@H]1c1ncc(-c2ccc(B3OC(C)(C)C(C)(C)O3)cc2)[nH]1. The predicted molar refractivity (Wildman–Crippen MR) is 133 cm³/mol. The number of ether oxygens (including phenoxy) is 1. The second kappa shape index (κ2) is 9.66. The number of imidazole rings is 1. The highest BCUT2D eigenvalue weighted by Crippen LogP contribution is 2.36. The highest BCUT2D eigenvalue weighted by Gasteiger charge is 2.51. The first-order chi connectivity index (χ1) is 16.5. The molecule has 0 unspecified atom stereocenters. The Hall–Kier alpha value is -2.85. The third kappa shape index (κ3) is 5.09. The number of benzene rings is 1. The van der Waals surface area contributed by atoms with E-state index >= 15 is 0 Å². The number of hydrogen-bond acceptors (Lipinski definition) is 6. The third-order valence-corrected chi connectivity index (χ3v) is 7.33. The molecule has 10 heteroatoms. The molecule has 2 atom stereocenters. The number of carbonyl (C=O) groups excluding carboxylic acids is 2. The molecule has 9 nitrogen and oxygen atoms in total. The van der Waals surface area contributed by atoms with Crippen LogP contribution in [0.2, 0.25) is 0 Å². The van der Waals surface area contributed by atoms with Gasteiger partial charge in [-0.2, -0.15) is 0 Å². The molecule has 0 saturated carbocycles. The number of alkyl carbamates (subject to hydrolysis) is 1.